The Labute approximate surface area is 73.4 Å². The maximum atomic E-state index is 5.77. The zero-order valence-electron chi connectivity index (χ0n) is 5.38. The van der Waals surface area contributed by atoms with Crippen LogP contribution in [0.3, 0.4) is 0 Å². The van der Waals surface area contributed by atoms with E-state index in [-0.39, 0.29) is 0 Å². The normalized spacial score (nSPS) is 10.7. The highest BCUT2D eigenvalue weighted by Gasteiger charge is 2.02. The lowest BCUT2D eigenvalue weighted by molar-refractivity contribution is 1.18. The van der Waals surface area contributed by atoms with Crippen LogP contribution in [0.4, 0.5) is 0 Å². The van der Waals surface area contributed by atoms with E-state index in [1.807, 2.05) is 0 Å². The number of hydrogen-bond donors (Lipinski definition) is 0. The molecule has 0 unspecified atom stereocenters. The molecule has 0 amide bonds. The Morgan fingerprint density at radius 3 is 3.00 bits per heavy atom. The van der Waals surface area contributed by atoms with E-state index in [0.29, 0.717) is 15.8 Å². The van der Waals surface area contributed by atoms with E-state index in [1.165, 1.54) is 0 Å². The molecule has 0 aliphatic carbocycles. The molecule has 2 aromatic rings. The Hall–Kier alpha value is -0.730. The van der Waals surface area contributed by atoms with Crippen LogP contribution in [0.5, 0.6) is 0 Å². The molecule has 4 heteroatoms. The van der Waals surface area contributed by atoms with Crippen molar-refractivity contribution in [3.05, 3.63) is 34.7 Å². The highest BCUT2D eigenvalue weighted by Crippen LogP contribution is 2.18. The molecule has 2 nitrogen and oxygen atoms in total. The summed E-state index contributed by atoms with van der Waals surface area (Å²) in [5.74, 6) is 0. The number of hydrogen-bond acceptors (Lipinski definition) is 1. The lowest BCUT2D eigenvalue weighted by Gasteiger charge is -1.93. The number of rotatable bonds is 0. The lowest BCUT2D eigenvalue weighted by atomic mass is 10.5. The van der Waals surface area contributed by atoms with Crippen molar-refractivity contribution in [2.75, 3.05) is 0 Å². The van der Waals surface area contributed by atoms with Crippen molar-refractivity contribution >= 4 is 28.8 Å². The van der Waals surface area contributed by atoms with Gasteiger partial charge in [0.2, 0.25) is 0 Å². The van der Waals surface area contributed by atoms with Gasteiger partial charge >= 0.3 is 0 Å². The van der Waals surface area contributed by atoms with Crippen molar-refractivity contribution in [2.45, 2.75) is 0 Å². The van der Waals surface area contributed by atoms with Gasteiger partial charge < -0.3 is 0 Å². The quantitative estimate of drug-likeness (QED) is 0.617. The fourth-order valence-electron chi connectivity index (χ4n) is 0.894. The molecule has 0 aliphatic rings. The van der Waals surface area contributed by atoms with E-state index >= 15 is 0 Å². The number of imidazole rings is 1. The highest BCUT2D eigenvalue weighted by molar-refractivity contribution is 6.34. The first kappa shape index (κ1) is 6.95. The molecule has 1 radical (unpaired) electrons. The molecule has 11 heavy (non-hydrogen) atoms. The van der Waals surface area contributed by atoms with E-state index in [1.54, 1.807) is 22.9 Å². The monoisotopic (exact) mass is 185 g/mol. The molecule has 0 saturated heterocycles. The minimum absolute atomic E-state index is 0.486. The molecular weight excluding hydrogens is 183 g/mol. The van der Waals surface area contributed by atoms with Gasteiger partial charge in [0.1, 0.15) is 5.15 Å². The summed E-state index contributed by atoms with van der Waals surface area (Å²) in [7, 11) is 0. The lowest BCUT2D eigenvalue weighted by Crippen LogP contribution is -1.83. The molecule has 2 aromatic heterocycles. The van der Waals surface area contributed by atoms with Gasteiger partial charge in [-0.1, -0.05) is 23.2 Å². The predicted octanol–water partition coefficient (Wildman–Crippen LogP) is 2.44. The van der Waals surface area contributed by atoms with Crippen LogP contribution in [-0.4, -0.2) is 9.38 Å². The van der Waals surface area contributed by atoms with E-state index in [4.69, 9.17) is 23.2 Å². The zero-order valence-corrected chi connectivity index (χ0v) is 6.89. The van der Waals surface area contributed by atoms with Gasteiger partial charge in [-0.15, -0.1) is 0 Å². The second-order valence-electron chi connectivity index (χ2n) is 2.05. The molecule has 0 aromatic carbocycles. The van der Waals surface area contributed by atoms with Crippen LogP contribution in [0, 0.1) is 6.07 Å². The van der Waals surface area contributed by atoms with Crippen molar-refractivity contribution in [1.82, 2.24) is 9.38 Å². The maximum Gasteiger partial charge on any atom is 0.157 e. The van der Waals surface area contributed by atoms with E-state index in [0.717, 1.165) is 0 Å². The zero-order chi connectivity index (χ0) is 7.84. The fourth-order valence-corrected chi connectivity index (χ4v) is 1.28. The van der Waals surface area contributed by atoms with Gasteiger partial charge in [0.15, 0.2) is 5.65 Å². The van der Waals surface area contributed by atoms with E-state index in [9.17, 15) is 0 Å². The fraction of sp³-hybridized carbons (Fsp3) is 0. The Balaban J connectivity index is 2.94. The van der Waals surface area contributed by atoms with Crippen LogP contribution in [0.15, 0.2) is 18.5 Å². The summed E-state index contributed by atoms with van der Waals surface area (Å²) >= 11 is 11.5. The van der Waals surface area contributed by atoms with Gasteiger partial charge in [-0.3, -0.25) is 4.40 Å². The molecule has 0 atom stereocenters. The Kier molecular flexibility index (Phi) is 1.51. The van der Waals surface area contributed by atoms with Crippen molar-refractivity contribution < 1.29 is 0 Å². The van der Waals surface area contributed by atoms with Crippen LogP contribution in [-0.2, 0) is 0 Å². The van der Waals surface area contributed by atoms with Gasteiger partial charge in [-0.2, -0.15) is 0 Å². The predicted molar refractivity (Wildman–Crippen MR) is 44.0 cm³/mol. The number of aromatic nitrogens is 2. The van der Waals surface area contributed by atoms with Crippen LogP contribution >= 0.6 is 23.2 Å². The van der Waals surface area contributed by atoms with Crippen LogP contribution < -0.4 is 0 Å². The van der Waals surface area contributed by atoms with Crippen molar-refractivity contribution in [1.29, 1.82) is 0 Å². The first-order chi connectivity index (χ1) is 5.29. The van der Waals surface area contributed by atoms with Crippen LogP contribution in [0.25, 0.3) is 5.65 Å². The van der Waals surface area contributed by atoms with E-state index in [2.05, 4.69) is 11.1 Å². The Bertz CT molecular complexity index is 394. The van der Waals surface area contributed by atoms with Crippen LogP contribution in [0.1, 0.15) is 0 Å². The third-order valence-corrected chi connectivity index (χ3v) is 1.94. The average Bonchev–Trinajstić information content (AvgIpc) is 2.35. The Morgan fingerprint density at radius 2 is 2.27 bits per heavy atom. The standard InChI is InChI=1S/C7H3Cl2N2/c8-5-2-1-3-11-6(9)4-10-7(5)11/h1,3-4H. The third kappa shape index (κ3) is 0.988. The summed E-state index contributed by atoms with van der Waals surface area (Å²) in [6.45, 7) is 0. The molecule has 2 rings (SSSR count). The summed E-state index contributed by atoms with van der Waals surface area (Å²) in [5.41, 5.74) is 0.638. The first-order valence-electron chi connectivity index (χ1n) is 2.98. The summed E-state index contributed by atoms with van der Waals surface area (Å²) in [4.78, 5) is 3.99. The molecular formula is C7H3Cl2N2. The summed E-state index contributed by atoms with van der Waals surface area (Å²) in [6.07, 6.45) is 3.31. The summed E-state index contributed by atoms with van der Waals surface area (Å²) in [5, 5.41) is 1.04. The molecule has 0 fully saturated rings. The van der Waals surface area contributed by atoms with Gasteiger partial charge in [-0.05, 0) is 6.07 Å². The van der Waals surface area contributed by atoms with Crippen LogP contribution in [0.2, 0.25) is 10.2 Å². The van der Waals surface area contributed by atoms with Crippen molar-refractivity contribution in [2.24, 2.45) is 0 Å². The van der Waals surface area contributed by atoms with E-state index < -0.39 is 0 Å². The molecule has 55 valence electrons. The van der Waals surface area contributed by atoms with Gasteiger partial charge in [-0.25, -0.2) is 4.98 Å². The molecule has 0 N–H and O–H groups in total. The largest absolute Gasteiger partial charge is 0.289 e. The average molecular weight is 186 g/mol. The minimum atomic E-state index is 0.486. The molecule has 2 heterocycles. The Morgan fingerprint density at radius 1 is 1.45 bits per heavy atom. The molecule has 0 spiro atoms. The highest BCUT2D eigenvalue weighted by atomic mass is 35.5. The molecule has 0 saturated carbocycles. The second-order valence-corrected chi connectivity index (χ2v) is 2.81. The van der Waals surface area contributed by atoms with Crippen molar-refractivity contribution in [3.8, 4) is 0 Å². The van der Waals surface area contributed by atoms with Gasteiger partial charge in [0, 0.05) is 12.3 Å². The number of nitrogens with zero attached hydrogens (tertiary/aromatic N) is 2. The van der Waals surface area contributed by atoms with Crippen molar-refractivity contribution in [3.63, 3.8) is 0 Å². The number of halogens is 2. The maximum absolute atomic E-state index is 5.77. The summed E-state index contributed by atoms with van der Waals surface area (Å²) < 4.78 is 1.69. The second kappa shape index (κ2) is 2.40. The molecule has 0 aliphatic heterocycles. The molecule has 0 bridgehead atoms. The summed E-state index contributed by atoms with van der Waals surface area (Å²) in [6, 6.07) is 4.51. The van der Waals surface area contributed by atoms with Gasteiger partial charge in [0.05, 0.1) is 11.2 Å². The first-order valence-corrected chi connectivity index (χ1v) is 3.73. The minimum Gasteiger partial charge on any atom is -0.289 e. The number of pyridine rings is 1. The third-order valence-electron chi connectivity index (χ3n) is 1.38. The smallest absolute Gasteiger partial charge is 0.157 e. The topological polar surface area (TPSA) is 17.3 Å². The SMILES string of the molecule is Clc1[c]ccn2c(Cl)cnc12. The number of fused-ring (bicyclic) bond motifs is 1. The van der Waals surface area contributed by atoms with Gasteiger partial charge in [0.25, 0.3) is 0 Å².